The van der Waals surface area contributed by atoms with E-state index in [2.05, 4.69) is 5.32 Å². The van der Waals surface area contributed by atoms with Crippen molar-refractivity contribution in [2.75, 3.05) is 13.1 Å². The molecule has 10 heteroatoms. The van der Waals surface area contributed by atoms with E-state index in [-0.39, 0.29) is 0 Å². The quantitative estimate of drug-likeness (QED) is 0.800. The Morgan fingerprint density at radius 2 is 1.88 bits per heavy atom. The normalized spacial score (nSPS) is 21.0. The Morgan fingerprint density at radius 3 is 2.42 bits per heavy atom. The highest BCUT2D eigenvalue weighted by atomic mass is 35.5. The van der Waals surface area contributed by atoms with Crippen LogP contribution in [-0.4, -0.2) is 42.0 Å². The molecule has 0 aliphatic carbocycles. The summed E-state index contributed by atoms with van der Waals surface area (Å²) in [6.07, 6.45) is -4.58. The first-order chi connectivity index (χ1) is 11.0. The van der Waals surface area contributed by atoms with Gasteiger partial charge in [0, 0.05) is 5.02 Å². The minimum atomic E-state index is -4.58. The van der Waals surface area contributed by atoms with Crippen LogP contribution in [0.1, 0.15) is 12.5 Å². The van der Waals surface area contributed by atoms with E-state index in [1.165, 1.54) is 31.2 Å². The standard InChI is InChI=1S/C14H13ClF3N3O3/c1-13(8-2-4-9(15)5-3-8)11(23)21(12(24)20-13)6-10(22)19-7-14(16,17)18/h2-5H,6-7H2,1H3,(H,19,22)(H,20,24). The summed E-state index contributed by atoms with van der Waals surface area (Å²) in [5, 5.41) is 4.48. The summed E-state index contributed by atoms with van der Waals surface area (Å²) < 4.78 is 36.2. The molecule has 130 valence electrons. The van der Waals surface area contributed by atoms with Gasteiger partial charge in [-0.3, -0.25) is 14.5 Å². The van der Waals surface area contributed by atoms with Gasteiger partial charge in [-0.15, -0.1) is 0 Å². The summed E-state index contributed by atoms with van der Waals surface area (Å²) in [4.78, 5) is 36.5. The van der Waals surface area contributed by atoms with Crippen LogP contribution in [0.15, 0.2) is 24.3 Å². The van der Waals surface area contributed by atoms with Crippen molar-refractivity contribution in [1.82, 2.24) is 15.5 Å². The van der Waals surface area contributed by atoms with Gasteiger partial charge in [0.15, 0.2) is 0 Å². The third-order valence-electron chi connectivity index (χ3n) is 3.48. The number of carbonyl (C=O) groups excluding carboxylic acids is 3. The van der Waals surface area contributed by atoms with E-state index in [4.69, 9.17) is 11.6 Å². The van der Waals surface area contributed by atoms with E-state index in [9.17, 15) is 27.6 Å². The van der Waals surface area contributed by atoms with Gasteiger partial charge in [0.25, 0.3) is 5.91 Å². The smallest absolute Gasteiger partial charge is 0.345 e. The highest BCUT2D eigenvalue weighted by Crippen LogP contribution is 2.29. The van der Waals surface area contributed by atoms with E-state index in [1.807, 2.05) is 0 Å². The lowest BCUT2D eigenvalue weighted by molar-refractivity contribution is -0.141. The molecule has 1 aromatic rings. The second-order valence-corrected chi connectivity index (χ2v) is 5.78. The summed E-state index contributed by atoms with van der Waals surface area (Å²) >= 11 is 5.77. The molecule has 1 unspecified atom stereocenters. The molecule has 4 amide bonds. The lowest BCUT2D eigenvalue weighted by Gasteiger charge is -2.22. The number of nitrogens with one attached hydrogen (secondary N) is 2. The number of benzene rings is 1. The van der Waals surface area contributed by atoms with E-state index < -0.39 is 42.7 Å². The summed E-state index contributed by atoms with van der Waals surface area (Å²) in [7, 11) is 0. The number of carbonyl (C=O) groups is 3. The van der Waals surface area contributed by atoms with Gasteiger partial charge in [0.1, 0.15) is 18.6 Å². The van der Waals surface area contributed by atoms with Crippen LogP contribution in [0.3, 0.4) is 0 Å². The highest BCUT2D eigenvalue weighted by Gasteiger charge is 2.49. The molecular weight excluding hydrogens is 351 g/mol. The maximum absolute atomic E-state index is 12.5. The van der Waals surface area contributed by atoms with Crippen LogP contribution >= 0.6 is 11.6 Å². The summed E-state index contributed by atoms with van der Waals surface area (Å²) in [6.45, 7) is -0.905. The molecule has 0 radical (unpaired) electrons. The molecule has 0 bridgehead atoms. The van der Waals surface area contributed by atoms with Gasteiger partial charge in [-0.05, 0) is 24.6 Å². The minimum Gasteiger partial charge on any atom is -0.345 e. The predicted molar refractivity (Wildman–Crippen MR) is 78.1 cm³/mol. The Morgan fingerprint density at radius 1 is 1.29 bits per heavy atom. The molecule has 1 aromatic carbocycles. The van der Waals surface area contributed by atoms with Crippen LogP contribution in [0.2, 0.25) is 5.02 Å². The molecule has 1 saturated heterocycles. The number of urea groups is 1. The SMILES string of the molecule is CC1(c2ccc(Cl)cc2)NC(=O)N(CC(=O)NCC(F)(F)F)C1=O. The fourth-order valence-corrected chi connectivity index (χ4v) is 2.34. The zero-order valence-corrected chi connectivity index (χ0v) is 13.2. The number of alkyl halides is 3. The van der Waals surface area contributed by atoms with Crippen molar-refractivity contribution in [2.24, 2.45) is 0 Å². The topological polar surface area (TPSA) is 78.5 Å². The predicted octanol–water partition coefficient (Wildman–Crippen LogP) is 1.79. The Labute approximate surface area is 139 Å². The summed E-state index contributed by atoms with van der Waals surface area (Å²) in [5.74, 6) is -1.83. The number of halogens is 4. The third-order valence-corrected chi connectivity index (χ3v) is 3.74. The zero-order chi connectivity index (χ0) is 18.1. The average Bonchev–Trinajstić information content (AvgIpc) is 2.69. The first kappa shape index (κ1) is 18.1. The molecule has 1 atom stereocenters. The summed E-state index contributed by atoms with van der Waals surface area (Å²) in [6, 6.07) is 5.27. The van der Waals surface area contributed by atoms with Crippen molar-refractivity contribution < 1.29 is 27.6 Å². The van der Waals surface area contributed by atoms with Gasteiger partial charge in [-0.1, -0.05) is 23.7 Å². The number of hydrogen-bond donors (Lipinski definition) is 2. The Balaban J connectivity index is 2.11. The van der Waals surface area contributed by atoms with Crippen molar-refractivity contribution >= 4 is 29.4 Å². The summed E-state index contributed by atoms with van der Waals surface area (Å²) in [5.41, 5.74) is -0.991. The fraction of sp³-hybridized carbons (Fsp3) is 0.357. The lowest BCUT2D eigenvalue weighted by atomic mass is 9.92. The van der Waals surface area contributed by atoms with Crippen LogP contribution in [0.25, 0.3) is 0 Å². The number of hydrogen-bond acceptors (Lipinski definition) is 3. The molecule has 0 spiro atoms. The molecule has 1 aliphatic heterocycles. The van der Waals surface area contributed by atoms with Crippen molar-refractivity contribution in [3.63, 3.8) is 0 Å². The van der Waals surface area contributed by atoms with Crippen LogP contribution in [0.5, 0.6) is 0 Å². The van der Waals surface area contributed by atoms with Gasteiger partial charge in [-0.25, -0.2) is 4.79 Å². The third kappa shape index (κ3) is 3.78. The Bertz CT molecular complexity index is 678. The number of amides is 4. The maximum Gasteiger partial charge on any atom is 0.405 e. The minimum absolute atomic E-state index is 0.433. The van der Waals surface area contributed by atoms with E-state index in [0.717, 1.165) is 0 Å². The molecule has 0 aromatic heterocycles. The molecule has 6 nitrogen and oxygen atoms in total. The van der Waals surface area contributed by atoms with Crippen LogP contribution in [0.4, 0.5) is 18.0 Å². The number of nitrogens with zero attached hydrogens (tertiary/aromatic N) is 1. The first-order valence-electron chi connectivity index (χ1n) is 6.76. The molecule has 24 heavy (non-hydrogen) atoms. The van der Waals surface area contributed by atoms with E-state index in [0.29, 0.717) is 15.5 Å². The van der Waals surface area contributed by atoms with Gasteiger partial charge in [-0.2, -0.15) is 13.2 Å². The van der Waals surface area contributed by atoms with E-state index >= 15 is 0 Å². The van der Waals surface area contributed by atoms with Gasteiger partial charge in [0.05, 0.1) is 0 Å². The molecule has 2 N–H and O–H groups in total. The highest BCUT2D eigenvalue weighted by molar-refractivity contribution is 6.30. The Kier molecular flexibility index (Phi) is 4.75. The average molecular weight is 364 g/mol. The van der Waals surface area contributed by atoms with Crippen LogP contribution < -0.4 is 10.6 Å². The van der Waals surface area contributed by atoms with Crippen LogP contribution in [0, 0.1) is 0 Å². The first-order valence-corrected chi connectivity index (χ1v) is 7.14. The number of imide groups is 1. The largest absolute Gasteiger partial charge is 0.405 e. The molecule has 1 aliphatic rings. The Hall–Kier alpha value is -2.29. The lowest BCUT2D eigenvalue weighted by Crippen LogP contribution is -2.44. The number of rotatable bonds is 4. The van der Waals surface area contributed by atoms with Gasteiger partial charge in [0.2, 0.25) is 5.91 Å². The van der Waals surface area contributed by atoms with Crippen LogP contribution in [-0.2, 0) is 15.1 Å². The molecule has 1 heterocycles. The molecule has 1 fully saturated rings. The molecule has 0 saturated carbocycles. The van der Waals surface area contributed by atoms with Gasteiger partial charge < -0.3 is 10.6 Å². The second-order valence-electron chi connectivity index (χ2n) is 5.35. The van der Waals surface area contributed by atoms with Crippen molar-refractivity contribution in [3.8, 4) is 0 Å². The van der Waals surface area contributed by atoms with Gasteiger partial charge >= 0.3 is 12.2 Å². The second kappa shape index (κ2) is 6.31. The zero-order valence-electron chi connectivity index (χ0n) is 12.4. The molecular formula is C14H13ClF3N3O3. The monoisotopic (exact) mass is 363 g/mol. The van der Waals surface area contributed by atoms with E-state index in [1.54, 1.807) is 5.32 Å². The van der Waals surface area contributed by atoms with Crippen molar-refractivity contribution in [1.29, 1.82) is 0 Å². The van der Waals surface area contributed by atoms with Crippen molar-refractivity contribution in [3.05, 3.63) is 34.9 Å². The maximum atomic E-state index is 12.5. The fourth-order valence-electron chi connectivity index (χ4n) is 2.22. The molecule has 2 rings (SSSR count). The van der Waals surface area contributed by atoms with Crippen molar-refractivity contribution in [2.45, 2.75) is 18.6 Å².